The predicted octanol–water partition coefficient (Wildman–Crippen LogP) is 16.2. The summed E-state index contributed by atoms with van der Waals surface area (Å²) in [5, 5.41) is 0. The van der Waals surface area contributed by atoms with Gasteiger partial charge in [0.05, 0.1) is 34.4 Å². The molecule has 8 nitrogen and oxygen atoms in total. The highest BCUT2D eigenvalue weighted by Gasteiger charge is 2.26. The van der Waals surface area contributed by atoms with E-state index in [1.807, 2.05) is 21.1 Å². The van der Waals surface area contributed by atoms with Crippen molar-refractivity contribution in [2.45, 2.75) is 200 Å². The molecule has 0 radical (unpaired) electrons. The molecular weight excluding hydrogens is 830 g/mol. The molecule has 0 aliphatic rings. The fourth-order valence-electron chi connectivity index (χ4n) is 6.64. The number of carbonyl (C=O) groups is 1. The van der Waals surface area contributed by atoms with Crippen LogP contribution in [0.2, 0.25) is 0 Å². The zero-order valence-electron chi connectivity index (χ0n) is 42.4. The van der Waals surface area contributed by atoms with Crippen LogP contribution in [0, 0.1) is 0 Å². The Balaban J connectivity index is 4.24. The Labute approximate surface area is 400 Å². The van der Waals surface area contributed by atoms with E-state index in [-0.39, 0.29) is 25.8 Å². The van der Waals surface area contributed by atoms with Crippen molar-refractivity contribution in [2.24, 2.45) is 0 Å². The number of unbranched alkanes of at least 4 members (excludes halogenated alkanes) is 17. The van der Waals surface area contributed by atoms with Crippen LogP contribution in [-0.4, -0.2) is 75.6 Å². The highest BCUT2D eigenvalue weighted by atomic mass is 31.2. The molecule has 1 N–H and O–H groups in total. The van der Waals surface area contributed by atoms with Crippen molar-refractivity contribution in [3.63, 3.8) is 0 Å². The van der Waals surface area contributed by atoms with Crippen LogP contribution in [0.15, 0.2) is 97.2 Å². The number of esters is 1. The molecule has 0 spiro atoms. The first-order valence-electron chi connectivity index (χ1n) is 26.0. The Morgan fingerprint density at radius 2 is 0.892 bits per heavy atom. The van der Waals surface area contributed by atoms with Crippen LogP contribution >= 0.6 is 7.82 Å². The van der Waals surface area contributed by atoms with Gasteiger partial charge in [-0.05, 0) is 96.3 Å². The molecule has 2 unspecified atom stereocenters. The standard InChI is InChI=1S/C56H98NO7P/c1-6-8-10-12-14-16-18-20-22-24-26-28-30-32-34-36-38-40-42-44-46-48-51-61-53-55(54-63-65(59,60)62-52-50-57(3,4)5)64-56(58)49-47-45-43-41-39-37-35-33-31-29-27-25-23-21-19-17-15-13-11-9-7-2/h9,11,15,17-18,20-21,23-24,26-27,29-30,32-33,35,55H,6-8,10,12-14,16,19,22,25,28,31,34,36-54H2,1-5H3/p+1/b11-9-,17-15-,20-18-,23-21-,26-24-,29-27-,32-30-,35-33-. The third-order valence-corrected chi connectivity index (χ3v) is 11.6. The van der Waals surface area contributed by atoms with E-state index in [0.717, 1.165) is 103 Å². The highest BCUT2D eigenvalue weighted by molar-refractivity contribution is 7.47. The van der Waals surface area contributed by atoms with E-state index in [1.165, 1.54) is 70.6 Å². The molecule has 0 aromatic carbocycles. The summed E-state index contributed by atoms with van der Waals surface area (Å²) in [7, 11) is 1.63. The first-order valence-corrected chi connectivity index (χ1v) is 27.5. The summed E-state index contributed by atoms with van der Waals surface area (Å²) in [5.74, 6) is -0.339. The predicted molar refractivity (Wildman–Crippen MR) is 279 cm³/mol. The summed E-state index contributed by atoms with van der Waals surface area (Å²) in [5.41, 5.74) is 0. The number of likely N-dealkylation sites (N-methyl/N-ethyl adjacent to an activating group) is 1. The number of hydrogen-bond donors (Lipinski definition) is 1. The Kier molecular flexibility index (Phi) is 46.0. The number of hydrogen-bond acceptors (Lipinski definition) is 6. The molecule has 0 aromatic rings. The molecular formula is C56H99NO7P+. The van der Waals surface area contributed by atoms with Gasteiger partial charge in [0.25, 0.3) is 0 Å². The number of allylic oxidation sites excluding steroid dienone is 16. The molecule has 0 bridgehead atoms. The molecule has 0 saturated heterocycles. The van der Waals surface area contributed by atoms with Crippen molar-refractivity contribution in [1.82, 2.24) is 0 Å². The molecule has 0 amide bonds. The monoisotopic (exact) mass is 929 g/mol. The van der Waals surface area contributed by atoms with E-state index in [2.05, 4.69) is 111 Å². The van der Waals surface area contributed by atoms with Gasteiger partial charge >= 0.3 is 13.8 Å². The lowest BCUT2D eigenvalue weighted by molar-refractivity contribution is -0.870. The van der Waals surface area contributed by atoms with Gasteiger partial charge in [-0.2, -0.15) is 0 Å². The zero-order valence-corrected chi connectivity index (χ0v) is 43.3. The summed E-state index contributed by atoms with van der Waals surface area (Å²) in [6.45, 7) is 5.43. The first kappa shape index (κ1) is 62.4. The normalized spacial score (nSPS) is 14.4. The molecule has 0 saturated carbocycles. The van der Waals surface area contributed by atoms with Crippen LogP contribution in [0.4, 0.5) is 0 Å². The van der Waals surface area contributed by atoms with Gasteiger partial charge in [0.2, 0.25) is 0 Å². The van der Waals surface area contributed by atoms with Crippen molar-refractivity contribution >= 4 is 13.8 Å². The van der Waals surface area contributed by atoms with Gasteiger partial charge in [0, 0.05) is 13.0 Å². The number of phosphoric ester groups is 1. The maximum atomic E-state index is 12.8. The van der Waals surface area contributed by atoms with Gasteiger partial charge in [-0.15, -0.1) is 0 Å². The molecule has 2 atom stereocenters. The summed E-state index contributed by atoms with van der Waals surface area (Å²) >= 11 is 0. The summed E-state index contributed by atoms with van der Waals surface area (Å²) in [6.07, 6.45) is 65.9. The Bertz CT molecular complexity index is 1360. The second kappa shape index (κ2) is 47.9. The molecule has 374 valence electrons. The van der Waals surface area contributed by atoms with Gasteiger partial charge < -0.3 is 18.9 Å². The first-order chi connectivity index (χ1) is 31.6. The number of nitrogens with zero attached hydrogens (tertiary/aromatic N) is 1. The smallest absolute Gasteiger partial charge is 0.457 e. The van der Waals surface area contributed by atoms with Crippen LogP contribution in [0.1, 0.15) is 194 Å². The van der Waals surface area contributed by atoms with Gasteiger partial charge in [-0.3, -0.25) is 13.8 Å². The fourth-order valence-corrected chi connectivity index (χ4v) is 7.39. The van der Waals surface area contributed by atoms with Crippen LogP contribution in [0.25, 0.3) is 0 Å². The quantitative estimate of drug-likeness (QED) is 0.0214. The molecule has 0 rings (SSSR count). The van der Waals surface area contributed by atoms with Crippen molar-refractivity contribution < 1.29 is 37.3 Å². The number of phosphoric acid groups is 1. The topological polar surface area (TPSA) is 91.3 Å². The van der Waals surface area contributed by atoms with Crippen molar-refractivity contribution in [1.29, 1.82) is 0 Å². The Morgan fingerprint density at radius 1 is 0.492 bits per heavy atom. The van der Waals surface area contributed by atoms with E-state index in [0.29, 0.717) is 24.1 Å². The van der Waals surface area contributed by atoms with E-state index in [9.17, 15) is 14.3 Å². The number of ether oxygens (including phenoxy) is 2. The maximum absolute atomic E-state index is 12.8. The van der Waals surface area contributed by atoms with Gasteiger partial charge in [-0.25, -0.2) is 4.57 Å². The Hall–Kier alpha value is -2.58. The van der Waals surface area contributed by atoms with E-state index < -0.39 is 13.9 Å². The molecule has 0 heterocycles. The zero-order chi connectivity index (χ0) is 47.6. The lowest BCUT2D eigenvalue weighted by Gasteiger charge is -2.24. The van der Waals surface area contributed by atoms with Crippen LogP contribution in [0.3, 0.4) is 0 Å². The summed E-state index contributed by atoms with van der Waals surface area (Å²) in [6, 6.07) is 0. The average Bonchev–Trinajstić information content (AvgIpc) is 3.27. The van der Waals surface area contributed by atoms with E-state index in [1.54, 1.807) is 0 Å². The van der Waals surface area contributed by atoms with Gasteiger partial charge in [0.15, 0.2) is 0 Å². The van der Waals surface area contributed by atoms with E-state index >= 15 is 0 Å². The molecule has 0 fully saturated rings. The minimum absolute atomic E-state index is 0.0766. The highest BCUT2D eigenvalue weighted by Crippen LogP contribution is 2.43. The van der Waals surface area contributed by atoms with Crippen LogP contribution in [-0.2, 0) is 27.9 Å². The molecule has 9 heteroatoms. The molecule has 0 aromatic heterocycles. The third kappa shape index (κ3) is 52.3. The van der Waals surface area contributed by atoms with Crippen LogP contribution < -0.4 is 0 Å². The number of rotatable bonds is 47. The number of carbonyl (C=O) groups excluding carboxylic acids is 1. The SMILES string of the molecule is CC/C=C\C/C=C\C/C=C\C/C=C\C/C=C\CCCCCCCC(=O)OC(COCCCCCCCCC/C=C\C/C=C\C/C=C\CCCCCCC)COP(=O)(O)OCC[N+](C)(C)C. The second-order valence-electron chi connectivity index (χ2n) is 18.2. The Morgan fingerprint density at radius 3 is 1.34 bits per heavy atom. The molecule has 0 aliphatic heterocycles. The second-order valence-corrected chi connectivity index (χ2v) is 19.6. The van der Waals surface area contributed by atoms with Gasteiger partial charge in [-0.1, -0.05) is 188 Å². The lowest BCUT2D eigenvalue weighted by Crippen LogP contribution is -2.37. The van der Waals surface area contributed by atoms with Crippen molar-refractivity contribution in [2.75, 3.05) is 54.1 Å². The largest absolute Gasteiger partial charge is 0.472 e. The molecule has 0 aliphatic carbocycles. The maximum Gasteiger partial charge on any atom is 0.472 e. The minimum atomic E-state index is -4.30. The average molecular weight is 929 g/mol. The van der Waals surface area contributed by atoms with Gasteiger partial charge in [0.1, 0.15) is 19.3 Å². The van der Waals surface area contributed by atoms with Crippen LogP contribution in [0.5, 0.6) is 0 Å². The fraction of sp³-hybridized carbons (Fsp3) is 0.696. The van der Waals surface area contributed by atoms with Crippen molar-refractivity contribution in [3.05, 3.63) is 97.2 Å². The molecule has 65 heavy (non-hydrogen) atoms. The summed E-state index contributed by atoms with van der Waals surface area (Å²) in [4.78, 5) is 23.0. The van der Waals surface area contributed by atoms with E-state index in [4.69, 9.17) is 18.5 Å². The van der Waals surface area contributed by atoms with Crippen molar-refractivity contribution in [3.8, 4) is 0 Å². The third-order valence-electron chi connectivity index (χ3n) is 10.6. The minimum Gasteiger partial charge on any atom is -0.457 e. The summed E-state index contributed by atoms with van der Waals surface area (Å²) < 4.78 is 35.1. The number of quaternary nitrogens is 1. The lowest BCUT2D eigenvalue weighted by atomic mass is 10.1.